The second kappa shape index (κ2) is 8.36. The van der Waals surface area contributed by atoms with Gasteiger partial charge in [-0.1, -0.05) is 11.3 Å². The number of carbonyl (C=O) groups excluding carboxylic acids is 1. The van der Waals surface area contributed by atoms with Crippen molar-refractivity contribution < 1.29 is 19.2 Å². The van der Waals surface area contributed by atoms with Crippen LogP contribution in [0.3, 0.4) is 0 Å². The van der Waals surface area contributed by atoms with Gasteiger partial charge in [0.05, 0.1) is 24.3 Å². The smallest absolute Gasteiger partial charge is 0.311 e. The zero-order valence-electron chi connectivity index (χ0n) is 16.4. The Morgan fingerprint density at radius 2 is 2.06 bits per heavy atom. The largest absolute Gasteiger partial charge is 0.495 e. The molecule has 2 aromatic carbocycles. The molecule has 158 valence electrons. The van der Waals surface area contributed by atoms with Crippen LogP contribution < -0.4 is 14.8 Å². The van der Waals surface area contributed by atoms with Crippen LogP contribution in [-0.4, -0.2) is 44.4 Å². The molecule has 4 rings (SSSR count). The van der Waals surface area contributed by atoms with Gasteiger partial charge in [-0.15, -0.1) is 10.2 Å². The number of methoxy groups -OCH3 is 1. The van der Waals surface area contributed by atoms with Gasteiger partial charge in [0.2, 0.25) is 4.96 Å². The van der Waals surface area contributed by atoms with E-state index < -0.39 is 10.8 Å². The molecule has 0 saturated heterocycles. The van der Waals surface area contributed by atoms with Crippen LogP contribution in [0.2, 0.25) is 0 Å². The van der Waals surface area contributed by atoms with Gasteiger partial charge in [-0.3, -0.25) is 14.9 Å². The molecule has 2 heterocycles. The molecule has 0 saturated carbocycles. The first-order chi connectivity index (χ1) is 15.0. The maximum absolute atomic E-state index is 12.8. The normalized spacial score (nSPS) is 10.8. The zero-order valence-corrected chi connectivity index (χ0v) is 17.3. The van der Waals surface area contributed by atoms with Crippen molar-refractivity contribution in [2.24, 2.45) is 0 Å². The number of carbonyl (C=O) groups is 1. The van der Waals surface area contributed by atoms with Crippen molar-refractivity contribution in [3.63, 3.8) is 0 Å². The summed E-state index contributed by atoms with van der Waals surface area (Å²) in [7, 11) is 1.48. The Hall–Kier alpha value is -4.06. The SMILES string of the molecule is CCOc1ccc(C(=O)Nc2cc(-c3nn4cnnc4s3)ccc2OC)cc1[N+](=O)[O-]. The highest BCUT2D eigenvalue weighted by molar-refractivity contribution is 7.19. The summed E-state index contributed by atoms with van der Waals surface area (Å²) < 4.78 is 12.2. The minimum absolute atomic E-state index is 0.104. The number of nitrogens with zero attached hydrogens (tertiary/aromatic N) is 5. The highest BCUT2D eigenvalue weighted by Crippen LogP contribution is 2.33. The van der Waals surface area contributed by atoms with Crippen LogP contribution in [-0.2, 0) is 0 Å². The van der Waals surface area contributed by atoms with Crippen molar-refractivity contribution >= 4 is 33.6 Å². The van der Waals surface area contributed by atoms with Gasteiger partial charge in [-0.2, -0.15) is 9.61 Å². The lowest BCUT2D eigenvalue weighted by molar-refractivity contribution is -0.385. The van der Waals surface area contributed by atoms with Gasteiger partial charge in [0, 0.05) is 17.2 Å². The molecule has 0 aliphatic rings. The Morgan fingerprint density at radius 3 is 2.77 bits per heavy atom. The van der Waals surface area contributed by atoms with Gasteiger partial charge in [-0.25, -0.2) is 0 Å². The van der Waals surface area contributed by atoms with Crippen LogP contribution in [0.1, 0.15) is 17.3 Å². The first-order valence-electron chi connectivity index (χ1n) is 9.08. The van der Waals surface area contributed by atoms with Crippen LogP contribution in [0.25, 0.3) is 15.5 Å². The molecule has 0 fully saturated rings. The van der Waals surface area contributed by atoms with E-state index in [2.05, 4.69) is 20.6 Å². The number of hydrogen-bond donors (Lipinski definition) is 1. The summed E-state index contributed by atoms with van der Waals surface area (Å²) in [5.41, 5.74) is 0.966. The number of ether oxygens (including phenoxy) is 2. The molecule has 0 atom stereocenters. The fourth-order valence-corrected chi connectivity index (χ4v) is 3.70. The highest BCUT2D eigenvalue weighted by Gasteiger charge is 2.20. The van der Waals surface area contributed by atoms with E-state index >= 15 is 0 Å². The van der Waals surface area contributed by atoms with E-state index in [0.29, 0.717) is 21.4 Å². The third-order valence-electron chi connectivity index (χ3n) is 4.30. The second-order valence-electron chi connectivity index (χ2n) is 6.21. The first kappa shape index (κ1) is 20.2. The number of aromatic nitrogens is 4. The van der Waals surface area contributed by atoms with Gasteiger partial charge in [0.15, 0.2) is 5.75 Å². The number of nitro groups is 1. The summed E-state index contributed by atoms with van der Waals surface area (Å²) in [5, 5.41) is 26.9. The van der Waals surface area contributed by atoms with Gasteiger partial charge < -0.3 is 14.8 Å². The highest BCUT2D eigenvalue weighted by atomic mass is 32.1. The number of hydrogen-bond acceptors (Lipinski definition) is 9. The Kier molecular flexibility index (Phi) is 5.45. The van der Waals surface area contributed by atoms with Gasteiger partial charge in [0.25, 0.3) is 5.91 Å². The van der Waals surface area contributed by atoms with E-state index in [1.54, 1.807) is 23.6 Å². The Bertz CT molecular complexity index is 1260. The van der Waals surface area contributed by atoms with E-state index in [4.69, 9.17) is 9.47 Å². The minimum Gasteiger partial charge on any atom is -0.495 e. The summed E-state index contributed by atoms with van der Waals surface area (Å²) in [6.07, 6.45) is 1.50. The van der Waals surface area contributed by atoms with Crippen LogP contribution in [0.5, 0.6) is 11.5 Å². The summed E-state index contributed by atoms with van der Waals surface area (Å²) in [6, 6.07) is 9.27. The van der Waals surface area contributed by atoms with E-state index in [0.717, 1.165) is 5.56 Å². The molecule has 1 N–H and O–H groups in total. The average Bonchev–Trinajstić information content (AvgIpc) is 3.36. The van der Waals surface area contributed by atoms with Crippen molar-refractivity contribution in [2.75, 3.05) is 19.0 Å². The zero-order chi connectivity index (χ0) is 22.0. The number of anilines is 1. The number of amides is 1. The van der Waals surface area contributed by atoms with Crippen LogP contribution in [0.15, 0.2) is 42.7 Å². The van der Waals surface area contributed by atoms with Gasteiger partial charge in [-0.05, 0) is 37.3 Å². The van der Waals surface area contributed by atoms with E-state index in [9.17, 15) is 14.9 Å². The molecule has 12 heteroatoms. The number of nitro benzene ring substituents is 1. The lowest BCUT2D eigenvalue weighted by Gasteiger charge is -2.12. The van der Waals surface area contributed by atoms with Crippen LogP contribution >= 0.6 is 11.3 Å². The molecule has 0 aliphatic heterocycles. The summed E-state index contributed by atoms with van der Waals surface area (Å²) in [6.45, 7) is 1.99. The molecule has 4 aromatic rings. The monoisotopic (exact) mass is 440 g/mol. The molecule has 11 nitrogen and oxygen atoms in total. The van der Waals surface area contributed by atoms with Gasteiger partial charge >= 0.3 is 5.69 Å². The van der Waals surface area contributed by atoms with Crippen LogP contribution in [0.4, 0.5) is 11.4 Å². The Balaban J connectivity index is 1.65. The molecule has 1 amide bonds. The lowest BCUT2D eigenvalue weighted by Crippen LogP contribution is -2.13. The maximum Gasteiger partial charge on any atom is 0.311 e. The van der Waals surface area contributed by atoms with E-state index in [-0.39, 0.29) is 23.6 Å². The van der Waals surface area contributed by atoms with Crippen molar-refractivity contribution in [3.05, 3.63) is 58.4 Å². The molecule has 0 spiro atoms. The molecular formula is C19H16N6O5S. The van der Waals surface area contributed by atoms with Crippen molar-refractivity contribution in [3.8, 4) is 22.1 Å². The second-order valence-corrected chi connectivity index (χ2v) is 7.16. The summed E-state index contributed by atoms with van der Waals surface area (Å²) in [5.74, 6) is 0.00664. The minimum atomic E-state index is -0.587. The molecular weight excluding hydrogens is 424 g/mol. The average molecular weight is 440 g/mol. The number of benzene rings is 2. The third kappa shape index (κ3) is 4.00. The molecule has 2 aromatic heterocycles. The summed E-state index contributed by atoms with van der Waals surface area (Å²) in [4.78, 5) is 24.2. The van der Waals surface area contributed by atoms with Crippen molar-refractivity contribution in [1.82, 2.24) is 19.8 Å². The predicted molar refractivity (Wildman–Crippen MR) is 113 cm³/mol. The standard InChI is InChI=1S/C19H16N6O5S/c1-3-30-16-7-4-11(9-14(16)25(27)28)17(26)21-13-8-12(5-6-15(13)29-2)18-23-24-10-20-22-19(24)31-18/h4-10H,3H2,1-2H3,(H,21,26). The number of nitrogens with one attached hydrogen (secondary N) is 1. The fourth-order valence-electron chi connectivity index (χ4n) is 2.89. The number of rotatable bonds is 7. The molecule has 0 radical (unpaired) electrons. The molecule has 0 bridgehead atoms. The fraction of sp³-hybridized carbons (Fsp3) is 0.158. The van der Waals surface area contributed by atoms with E-state index in [1.165, 1.54) is 43.0 Å². The topological polar surface area (TPSA) is 134 Å². The Morgan fingerprint density at radius 1 is 1.26 bits per heavy atom. The van der Waals surface area contributed by atoms with Crippen molar-refractivity contribution in [1.29, 1.82) is 0 Å². The van der Waals surface area contributed by atoms with Gasteiger partial charge in [0.1, 0.15) is 17.1 Å². The maximum atomic E-state index is 12.8. The van der Waals surface area contributed by atoms with Crippen molar-refractivity contribution in [2.45, 2.75) is 6.92 Å². The quantitative estimate of drug-likeness (QED) is 0.341. The third-order valence-corrected chi connectivity index (χ3v) is 5.26. The Labute approximate surface area is 179 Å². The first-order valence-corrected chi connectivity index (χ1v) is 9.89. The molecule has 31 heavy (non-hydrogen) atoms. The van der Waals surface area contributed by atoms with E-state index in [1.807, 2.05) is 6.07 Å². The predicted octanol–water partition coefficient (Wildman–Crippen LogP) is 3.42. The number of fused-ring (bicyclic) bond motifs is 1. The lowest BCUT2D eigenvalue weighted by atomic mass is 10.1. The molecule has 0 aliphatic carbocycles. The molecule has 0 unspecified atom stereocenters. The van der Waals surface area contributed by atoms with Crippen LogP contribution in [0, 0.1) is 10.1 Å². The summed E-state index contributed by atoms with van der Waals surface area (Å²) >= 11 is 1.34.